The molecule has 0 aliphatic heterocycles. The minimum absolute atomic E-state index is 1.48. The molecule has 0 aromatic carbocycles. The molecule has 14 heteroatoms. The van der Waals surface area contributed by atoms with Crippen LogP contribution in [0.25, 0.3) is 0 Å². The van der Waals surface area contributed by atoms with Crippen LogP contribution < -0.4 is 0 Å². The minimum Gasteiger partial charge on any atom is -0.458 e. The van der Waals surface area contributed by atoms with E-state index in [0.29, 0.717) is 0 Å². The number of ether oxygens (including phenoxy) is 1. The Morgan fingerprint density at radius 2 is 1.14 bits per heavy atom. The molecule has 0 aliphatic carbocycles. The van der Waals surface area contributed by atoms with Crippen molar-refractivity contribution in [3.63, 3.8) is 0 Å². The smallest absolute Gasteiger partial charge is 0.458 e. The summed E-state index contributed by atoms with van der Waals surface area (Å²) in [6.45, 7) is -3.01. The van der Waals surface area contributed by atoms with Crippen molar-refractivity contribution < 1.29 is 62.9 Å². The summed E-state index contributed by atoms with van der Waals surface area (Å²) in [4.78, 5) is 10.4. The molecule has 0 heterocycles. The molecule has 0 N–H and O–H groups in total. The predicted octanol–water partition coefficient (Wildman–Crippen LogP) is 3.06. The number of rotatable bonds is 6. The second kappa shape index (κ2) is 5.70. The van der Waals surface area contributed by atoms with Crippen molar-refractivity contribution in [1.82, 2.24) is 0 Å². The highest BCUT2D eigenvalue weighted by molar-refractivity contribution is 5.79. The standard InChI is InChI=1S/C8H4F11O3/c9-4(10,3(21)22-2-1-20)5(11,12)6(13,14)7(15,16)8(17,18)19/h1-2H2. The lowest BCUT2D eigenvalue weighted by Crippen LogP contribution is -2.68. The van der Waals surface area contributed by atoms with Gasteiger partial charge in [0.25, 0.3) is 0 Å². The van der Waals surface area contributed by atoms with E-state index < -0.39 is 49.0 Å². The molecule has 0 aromatic rings. The maximum absolute atomic E-state index is 12.8. The molecule has 22 heavy (non-hydrogen) atoms. The molecule has 0 fully saturated rings. The fourth-order valence-corrected chi connectivity index (χ4v) is 0.926. The fraction of sp³-hybridized carbons (Fsp3) is 0.875. The third-order valence-electron chi connectivity index (χ3n) is 2.11. The van der Waals surface area contributed by atoms with E-state index in [2.05, 4.69) is 4.74 Å². The molecular formula is C8H4F11O3. The van der Waals surface area contributed by atoms with Crippen LogP contribution in [0.2, 0.25) is 0 Å². The van der Waals surface area contributed by atoms with Crippen LogP contribution >= 0.6 is 0 Å². The zero-order valence-corrected chi connectivity index (χ0v) is 9.80. The first kappa shape index (κ1) is 20.7. The molecule has 0 spiro atoms. The van der Waals surface area contributed by atoms with Crippen molar-refractivity contribution in [2.45, 2.75) is 29.9 Å². The lowest BCUT2D eigenvalue weighted by Gasteiger charge is -2.36. The van der Waals surface area contributed by atoms with Gasteiger partial charge < -0.3 is 4.74 Å². The molecule has 0 aromatic heterocycles. The fourth-order valence-electron chi connectivity index (χ4n) is 0.926. The molecular weight excluding hydrogens is 353 g/mol. The summed E-state index contributed by atoms with van der Waals surface area (Å²) in [5.74, 6) is -33.0. The van der Waals surface area contributed by atoms with Crippen molar-refractivity contribution in [3.8, 4) is 0 Å². The molecule has 0 atom stereocenters. The summed E-state index contributed by atoms with van der Waals surface area (Å²) in [5.41, 5.74) is 0. The van der Waals surface area contributed by atoms with Crippen LogP contribution in [0.3, 0.4) is 0 Å². The van der Waals surface area contributed by atoms with E-state index >= 15 is 0 Å². The van der Waals surface area contributed by atoms with Crippen LogP contribution in [0.4, 0.5) is 48.3 Å². The van der Waals surface area contributed by atoms with E-state index in [1.54, 1.807) is 0 Å². The van der Waals surface area contributed by atoms with Gasteiger partial charge in [0.15, 0.2) is 0 Å². The third kappa shape index (κ3) is 2.92. The quantitative estimate of drug-likeness (QED) is 0.542. The summed E-state index contributed by atoms with van der Waals surface area (Å²) in [6, 6.07) is 0. The SMILES string of the molecule is [O]CCOC(=O)C(F)(F)C(F)(F)C(F)(F)C(F)(F)C(F)(F)F. The maximum atomic E-state index is 12.8. The molecule has 3 nitrogen and oxygen atoms in total. The van der Waals surface area contributed by atoms with Crippen LogP contribution in [-0.4, -0.2) is 49.0 Å². The number of halogens is 11. The Morgan fingerprint density at radius 3 is 1.45 bits per heavy atom. The molecule has 0 bridgehead atoms. The van der Waals surface area contributed by atoms with Gasteiger partial charge in [0.05, 0.1) is 0 Å². The van der Waals surface area contributed by atoms with Gasteiger partial charge in [-0.2, -0.15) is 48.3 Å². The molecule has 0 rings (SSSR count). The molecule has 131 valence electrons. The number of alkyl halides is 11. The van der Waals surface area contributed by atoms with Crippen LogP contribution in [0, 0.1) is 0 Å². The molecule has 0 saturated carbocycles. The second-order valence-corrected chi connectivity index (χ2v) is 3.64. The third-order valence-corrected chi connectivity index (χ3v) is 2.11. The van der Waals surface area contributed by atoms with Crippen molar-refractivity contribution in [3.05, 3.63) is 0 Å². The van der Waals surface area contributed by atoms with E-state index in [4.69, 9.17) is 0 Å². The Labute approximate surface area is 113 Å². The second-order valence-electron chi connectivity index (χ2n) is 3.64. The average molecular weight is 357 g/mol. The van der Waals surface area contributed by atoms with Gasteiger partial charge in [-0.1, -0.05) is 0 Å². The Balaban J connectivity index is 5.84. The number of esters is 1. The maximum Gasteiger partial charge on any atom is 0.460 e. The summed E-state index contributed by atoms with van der Waals surface area (Å²) < 4.78 is 140. The van der Waals surface area contributed by atoms with Crippen molar-refractivity contribution in [2.24, 2.45) is 0 Å². The van der Waals surface area contributed by atoms with Crippen molar-refractivity contribution in [2.75, 3.05) is 13.2 Å². The highest BCUT2D eigenvalue weighted by Crippen LogP contribution is 2.57. The molecule has 0 saturated heterocycles. The Kier molecular flexibility index (Phi) is 5.35. The van der Waals surface area contributed by atoms with Crippen LogP contribution in [-0.2, 0) is 14.6 Å². The topological polar surface area (TPSA) is 46.2 Å². The van der Waals surface area contributed by atoms with E-state index in [-0.39, 0.29) is 0 Å². The number of carbonyl (C=O) groups excluding carboxylic acids is 1. The number of carbonyl (C=O) groups is 1. The van der Waals surface area contributed by atoms with Gasteiger partial charge in [-0.05, 0) is 0 Å². The Hall–Kier alpha value is -1.34. The van der Waals surface area contributed by atoms with Crippen LogP contribution in [0.1, 0.15) is 0 Å². The summed E-state index contributed by atoms with van der Waals surface area (Å²) in [6.07, 6.45) is -7.31. The summed E-state index contributed by atoms with van der Waals surface area (Å²) in [7, 11) is 0. The van der Waals surface area contributed by atoms with Gasteiger partial charge in [-0.25, -0.2) is 9.90 Å². The van der Waals surface area contributed by atoms with E-state index in [9.17, 15) is 58.2 Å². The first-order valence-electron chi connectivity index (χ1n) is 4.81. The zero-order chi connectivity index (χ0) is 18.2. The zero-order valence-electron chi connectivity index (χ0n) is 9.80. The van der Waals surface area contributed by atoms with Crippen molar-refractivity contribution >= 4 is 5.97 Å². The van der Waals surface area contributed by atoms with Gasteiger partial charge >= 0.3 is 35.8 Å². The average Bonchev–Trinajstić information content (AvgIpc) is 2.33. The number of hydrogen-bond acceptors (Lipinski definition) is 2. The van der Waals surface area contributed by atoms with E-state index in [1.807, 2.05) is 0 Å². The highest BCUT2D eigenvalue weighted by Gasteiger charge is 2.88. The summed E-state index contributed by atoms with van der Waals surface area (Å²) >= 11 is 0. The van der Waals surface area contributed by atoms with Crippen LogP contribution in [0.5, 0.6) is 0 Å². The van der Waals surface area contributed by atoms with Gasteiger partial charge in [-0.3, -0.25) is 0 Å². The molecule has 0 amide bonds. The van der Waals surface area contributed by atoms with Crippen molar-refractivity contribution in [1.29, 1.82) is 0 Å². The predicted molar refractivity (Wildman–Crippen MR) is 42.4 cm³/mol. The normalized spacial score (nSPS) is 14.9. The molecule has 0 unspecified atom stereocenters. The lowest BCUT2D eigenvalue weighted by atomic mass is 9.98. The Bertz CT molecular complexity index is 414. The van der Waals surface area contributed by atoms with Gasteiger partial charge in [0.2, 0.25) is 0 Å². The van der Waals surface area contributed by atoms with Gasteiger partial charge in [0.1, 0.15) is 13.2 Å². The first-order valence-corrected chi connectivity index (χ1v) is 4.81. The first-order chi connectivity index (χ1) is 9.48. The largest absolute Gasteiger partial charge is 0.460 e. The summed E-state index contributed by atoms with van der Waals surface area (Å²) in [5, 5.41) is 9.77. The van der Waals surface area contributed by atoms with Gasteiger partial charge in [0, 0.05) is 0 Å². The monoisotopic (exact) mass is 357 g/mol. The van der Waals surface area contributed by atoms with Crippen LogP contribution in [0.15, 0.2) is 0 Å². The van der Waals surface area contributed by atoms with E-state index in [0.717, 1.165) is 0 Å². The number of hydrogen-bond donors (Lipinski definition) is 0. The molecule has 1 radical (unpaired) electrons. The Morgan fingerprint density at radius 1 is 0.727 bits per heavy atom. The van der Waals surface area contributed by atoms with E-state index in [1.165, 1.54) is 0 Å². The van der Waals surface area contributed by atoms with Gasteiger partial charge in [-0.15, -0.1) is 0 Å². The highest BCUT2D eigenvalue weighted by atomic mass is 19.4. The minimum atomic E-state index is -7.68. The molecule has 0 aliphatic rings. The lowest BCUT2D eigenvalue weighted by molar-refractivity contribution is -0.418.